The fraction of sp³-hybridized carbons (Fsp3) is 0.933. The number of rotatable bonds is 1. The Balaban J connectivity index is 1.55. The summed E-state index contributed by atoms with van der Waals surface area (Å²) in [5.41, 5.74) is 0.0155. The molecule has 5 rings (SSSR count). The molecule has 5 fully saturated rings. The minimum absolute atomic E-state index is 0.0262. The number of aliphatic carboxylic acids is 1. The number of hydrogen-bond donors (Lipinski definition) is 2. The highest BCUT2D eigenvalue weighted by Gasteiger charge is 2.71. The van der Waals surface area contributed by atoms with E-state index in [1.54, 1.807) is 0 Å². The van der Waals surface area contributed by atoms with Crippen LogP contribution in [0.5, 0.6) is 0 Å². The van der Waals surface area contributed by atoms with Crippen LogP contribution in [0, 0.1) is 56.2 Å². The van der Waals surface area contributed by atoms with Crippen LogP contribution >= 0.6 is 0 Å². The summed E-state index contributed by atoms with van der Waals surface area (Å²) in [6, 6.07) is 0. The maximum Gasteiger partial charge on any atom is 0.309 e. The molecule has 0 aromatic rings. The lowest BCUT2D eigenvalue weighted by Gasteiger charge is -2.74. The molecule has 11 atom stereocenters. The molecule has 0 aromatic carbocycles. The predicted octanol–water partition coefficient (Wildman–Crippen LogP) is 6.49. The van der Waals surface area contributed by atoms with E-state index in [1.165, 1.54) is 12.8 Å². The minimum Gasteiger partial charge on any atom is -0.481 e. The Morgan fingerprint density at radius 3 is 2.03 bits per heavy atom. The maximum absolute atomic E-state index is 12.8. The van der Waals surface area contributed by atoms with Crippen LogP contribution in [0.15, 0.2) is 0 Å². The van der Waals surface area contributed by atoms with Crippen molar-refractivity contribution in [3.63, 3.8) is 0 Å². The van der Waals surface area contributed by atoms with Gasteiger partial charge >= 0.3 is 5.97 Å². The second kappa shape index (κ2) is 7.11. The van der Waals surface area contributed by atoms with Crippen molar-refractivity contribution in [1.29, 1.82) is 0 Å². The van der Waals surface area contributed by atoms with Gasteiger partial charge < -0.3 is 10.2 Å². The SMILES string of the molecule is C[C@H]1C(=O)[C@H](O)C[C@@H]2[C@]3(C)CC[C@@]4(C)[C@@H]5C[C@](C)(C(=O)O)CC[C@@]5(C)CC[C@]4(C)[C@H]3CC[C@]21C. The van der Waals surface area contributed by atoms with Crippen molar-refractivity contribution in [2.45, 2.75) is 119 Å². The van der Waals surface area contributed by atoms with E-state index >= 15 is 0 Å². The Labute approximate surface area is 206 Å². The van der Waals surface area contributed by atoms with Gasteiger partial charge in [0.2, 0.25) is 0 Å². The van der Waals surface area contributed by atoms with Crippen LogP contribution in [0.25, 0.3) is 0 Å². The van der Waals surface area contributed by atoms with Gasteiger partial charge in [-0.1, -0.05) is 41.5 Å². The Bertz CT molecular complexity index is 913. The van der Waals surface area contributed by atoms with Gasteiger partial charge in [0.15, 0.2) is 5.78 Å². The fourth-order valence-electron chi connectivity index (χ4n) is 11.2. The average molecular weight is 473 g/mol. The van der Waals surface area contributed by atoms with Crippen LogP contribution in [-0.4, -0.2) is 28.1 Å². The number of aliphatic hydroxyl groups excluding tert-OH is 1. The van der Waals surface area contributed by atoms with Gasteiger partial charge in [0.1, 0.15) is 6.10 Å². The van der Waals surface area contributed by atoms with Gasteiger partial charge in [-0.25, -0.2) is 0 Å². The summed E-state index contributed by atoms with van der Waals surface area (Å²) in [7, 11) is 0. The number of carbonyl (C=O) groups excluding carboxylic acids is 1. The maximum atomic E-state index is 12.8. The number of carboxylic acid groups (broad SMARTS) is 1. The lowest BCUT2D eigenvalue weighted by atomic mass is 9.30. The second-order valence-corrected chi connectivity index (χ2v) is 15.1. The predicted molar refractivity (Wildman–Crippen MR) is 133 cm³/mol. The molecule has 4 nitrogen and oxygen atoms in total. The molecule has 0 unspecified atom stereocenters. The highest BCUT2D eigenvalue weighted by atomic mass is 16.4. The topological polar surface area (TPSA) is 74.6 Å². The van der Waals surface area contributed by atoms with Crippen LogP contribution in [0.4, 0.5) is 0 Å². The van der Waals surface area contributed by atoms with Crippen LogP contribution < -0.4 is 0 Å². The molecule has 192 valence electrons. The second-order valence-electron chi connectivity index (χ2n) is 15.1. The quantitative estimate of drug-likeness (QED) is 0.457. The van der Waals surface area contributed by atoms with Crippen LogP contribution in [-0.2, 0) is 9.59 Å². The summed E-state index contributed by atoms with van der Waals surface area (Å²) in [6.45, 7) is 16.4. The summed E-state index contributed by atoms with van der Waals surface area (Å²) in [5, 5.41) is 20.9. The molecule has 0 bridgehead atoms. The monoisotopic (exact) mass is 472 g/mol. The summed E-state index contributed by atoms with van der Waals surface area (Å²) in [4.78, 5) is 25.1. The van der Waals surface area contributed by atoms with Crippen LogP contribution in [0.1, 0.15) is 113 Å². The fourth-order valence-corrected chi connectivity index (χ4v) is 11.2. The first-order valence-corrected chi connectivity index (χ1v) is 14.0. The molecule has 0 aromatic heterocycles. The van der Waals surface area contributed by atoms with Crippen molar-refractivity contribution < 1.29 is 19.8 Å². The van der Waals surface area contributed by atoms with Crippen LogP contribution in [0.3, 0.4) is 0 Å². The molecular weight excluding hydrogens is 424 g/mol. The lowest BCUT2D eigenvalue weighted by Crippen LogP contribution is -2.68. The Morgan fingerprint density at radius 1 is 0.794 bits per heavy atom. The largest absolute Gasteiger partial charge is 0.481 e. The van der Waals surface area contributed by atoms with E-state index in [0.717, 1.165) is 44.9 Å². The Hall–Kier alpha value is -0.900. The van der Waals surface area contributed by atoms with Crippen molar-refractivity contribution in [3.8, 4) is 0 Å². The van der Waals surface area contributed by atoms with E-state index in [-0.39, 0.29) is 38.8 Å². The average Bonchev–Trinajstić information content (AvgIpc) is 2.77. The molecule has 0 heterocycles. The number of fused-ring (bicyclic) bond motifs is 7. The van der Waals surface area contributed by atoms with Crippen molar-refractivity contribution in [3.05, 3.63) is 0 Å². The first-order valence-electron chi connectivity index (χ1n) is 14.0. The van der Waals surface area contributed by atoms with Crippen molar-refractivity contribution in [1.82, 2.24) is 0 Å². The van der Waals surface area contributed by atoms with E-state index in [9.17, 15) is 19.8 Å². The molecule has 0 aliphatic heterocycles. The lowest BCUT2D eigenvalue weighted by molar-refractivity contribution is -0.260. The zero-order valence-electron chi connectivity index (χ0n) is 22.7. The molecule has 0 amide bonds. The van der Waals surface area contributed by atoms with E-state index in [2.05, 4.69) is 41.5 Å². The third kappa shape index (κ3) is 2.81. The molecule has 0 spiro atoms. The molecule has 0 saturated heterocycles. The number of hydrogen-bond acceptors (Lipinski definition) is 3. The number of aliphatic hydroxyl groups is 1. The van der Waals surface area contributed by atoms with Crippen molar-refractivity contribution >= 4 is 11.8 Å². The first-order chi connectivity index (χ1) is 15.6. The Kier molecular flexibility index (Phi) is 5.18. The first kappa shape index (κ1) is 24.8. The van der Waals surface area contributed by atoms with Gasteiger partial charge in [-0.15, -0.1) is 0 Å². The summed E-state index contributed by atoms with van der Waals surface area (Å²) < 4.78 is 0. The van der Waals surface area contributed by atoms with Gasteiger partial charge in [-0.05, 0) is 116 Å². The van der Waals surface area contributed by atoms with E-state index < -0.39 is 17.5 Å². The summed E-state index contributed by atoms with van der Waals surface area (Å²) >= 11 is 0. The summed E-state index contributed by atoms with van der Waals surface area (Å²) in [5.74, 6) is 0.720. The molecule has 5 saturated carbocycles. The van der Waals surface area contributed by atoms with Gasteiger partial charge in [-0.2, -0.15) is 0 Å². The molecule has 5 aliphatic rings. The van der Waals surface area contributed by atoms with Gasteiger partial charge in [0.25, 0.3) is 0 Å². The third-order valence-corrected chi connectivity index (χ3v) is 14.1. The van der Waals surface area contributed by atoms with E-state index in [0.29, 0.717) is 24.2 Å². The number of carbonyl (C=O) groups is 2. The normalized spacial score (nSPS) is 59.3. The van der Waals surface area contributed by atoms with E-state index in [1.807, 2.05) is 6.92 Å². The number of carboxylic acids is 1. The molecule has 2 N–H and O–H groups in total. The zero-order valence-corrected chi connectivity index (χ0v) is 22.7. The molecule has 0 radical (unpaired) electrons. The van der Waals surface area contributed by atoms with E-state index in [4.69, 9.17) is 0 Å². The smallest absolute Gasteiger partial charge is 0.309 e. The van der Waals surface area contributed by atoms with Crippen molar-refractivity contribution in [2.75, 3.05) is 0 Å². The molecule has 34 heavy (non-hydrogen) atoms. The minimum atomic E-state index is -0.811. The number of Topliss-reactive ketones (excluding diaryl/α,β-unsaturated/α-hetero) is 1. The van der Waals surface area contributed by atoms with Crippen LogP contribution in [0.2, 0.25) is 0 Å². The van der Waals surface area contributed by atoms with Gasteiger partial charge in [0, 0.05) is 5.92 Å². The highest BCUT2D eigenvalue weighted by molar-refractivity contribution is 5.86. The van der Waals surface area contributed by atoms with Crippen molar-refractivity contribution in [2.24, 2.45) is 56.2 Å². The standard InChI is InChI=1S/C30H48O4/c1-18-23(32)19(31)16-21-27(18,4)9-8-20-28(21,5)13-15-30(7)22-17-26(3,24(33)34)11-10-25(22,2)12-14-29(20,30)6/h18-22,31H,8-17H2,1-7H3,(H,33,34)/t18-,19+,20-,21-,22+,25-,26+,27-,28+,29+,30-/m0/s1. The molecule has 5 aliphatic carbocycles. The van der Waals surface area contributed by atoms with Gasteiger partial charge in [0.05, 0.1) is 5.41 Å². The molecular formula is C30H48O4. The Morgan fingerprint density at radius 2 is 1.38 bits per heavy atom. The van der Waals surface area contributed by atoms with Gasteiger partial charge in [-0.3, -0.25) is 9.59 Å². The number of ketones is 1. The third-order valence-electron chi connectivity index (χ3n) is 14.1. The highest BCUT2D eigenvalue weighted by Crippen LogP contribution is 2.78. The molecule has 4 heteroatoms. The summed E-state index contributed by atoms with van der Waals surface area (Å²) in [6.07, 6.45) is 9.36. The zero-order chi connectivity index (χ0) is 25.1.